The highest BCUT2D eigenvalue weighted by Crippen LogP contribution is 2.30. The number of rotatable bonds is 8. The van der Waals surface area contributed by atoms with E-state index in [1.54, 1.807) is 0 Å². The van der Waals surface area contributed by atoms with Crippen molar-refractivity contribution in [3.63, 3.8) is 0 Å². The fourth-order valence-electron chi connectivity index (χ4n) is 3.33. The average molecular weight is 362 g/mol. The van der Waals surface area contributed by atoms with Crippen LogP contribution in [0, 0.1) is 10.1 Å². The van der Waals surface area contributed by atoms with Crippen LogP contribution in [0.25, 0.3) is 0 Å². The molecule has 0 aromatic heterocycles. The summed E-state index contributed by atoms with van der Waals surface area (Å²) < 4.78 is 0. The Labute approximate surface area is 150 Å². The predicted molar refractivity (Wildman–Crippen MR) is 93.2 cm³/mol. The molecule has 1 aliphatic heterocycles. The first-order valence-electron chi connectivity index (χ1n) is 8.47. The Morgan fingerprint density at radius 2 is 1.88 bits per heavy atom. The summed E-state index contributed by atoms with van der Waals surface area (Å²) in [6.07, 6.45) is 2.44. The van der Waals surface area contributed by atoms with Gasteiger partial charge < -0.3 is 11.1 Å². The van der Waals surface area contributed by atoms with Gasteiger partial charge in [0, 0.05) is 17.2 Å². The van der Waals surface area contributed by atoms with Crippen LogP contribution in [0.1, 0.15) is 55.5 Å². The van der Waals surface area contributed by atoms with E-state index in [1.165, 1.54) is 12.1 Å². The molecule has 0 atom stereocenters. The number of hydrogen-bond acceptors (Lipinski definition) is 5. The van der Waals surface area contributed by atoms with Crippen LogP contribution in [-0.2, 0) is 11.3 Å². The number of nitrogens with zero attached hydrogens (tertiary/aromatic N) is 2. The Bertz CT molecular complexity index is 756. The number of nitro benzene ring substituents is 1. The number of nitrogens with one attached hydrogen (secondary N) is 1. The first kappa shape index (κ1) is 19.4. The van der Waals surface area contributed by atoms with Gasteiger partial charge in [0.2, 0.25) is 5.91 Å². The molecular weight excluding hydrogens is 340 g/mol. The van der Waals surface area contributed by atoms with Crippen molar-refractivity contribution in [1.82, 2.24) is 10.2 Å². The molecule has 140 valence electrons. The van der Waals surface area contributed by atoms with Crippen molar-refractivity contribution in [2.75, 3.05) is 0 Å². The van der Waals surface area contributed by atoms with Crippen LogP contribution in [0.3, 0.4) is 0 Å². The zero-order chi connectivity index (χ0) is 19.5. The Balaban J connectivity index is 2.36. The van der Waals surface area contributed by atoms with Gasteiger partial charge in [-0.3, -0.25) is 24.6 Å². The molecule has 0 spiro atoms. The summed E-state index contributed by atoms with van der Waals surface area (Å²) in [7, 11) is 0. The molecule has 0 radical (unpaired) electrons. The van der Waals surface area contributed by atoms with Crippen molar-refractivity contribution in [3.05, 3.63) is 39.4 Å². The third-order valence-electron chi connectivity index (χ3n) is 4.49. The topological polar surface area (TPSA) is 136 Å². The highest BCUT2D eigenvalue weighted by atomic mass is 16.6. The van der Waals surface area contributed by atoms with Gasteiger partial charge in [-0.05, 0) is 25.0 Å². The van der Waals surface area contributed by atoms with Crippen LogP contribution >= 0.6 is 0 Å². The summed E-state index contributed by atoms with van der Waals surface area (Å²) in [5.41, 5.74) is 3.99. The number of nitrogens with two attached hydrogens (primary N) is 1. The minimum atomic E-state index is -0.956. The highest BCUT2D eigenvalue weighted by molar-refractivity contribution is 6.07. The minimum Gasteiger partial charge on any atom is -0.366 e. The molecule has 1 aromatic carbocycles. The second-order valence-corrected chi connectivity index (χ2v) is 6.37. The van der Waals surface area contributed by atoms with E-state index in [4.69, 9.17) is 5.73 Å². The molecule has 1 heterocycles. The van der Waals surface area contributed by atoms with Crippen LogP contribution in [0.15, 0.2) is 18.2 Å². The highest BCUT2D eigenvalue weighted by Gasteiger charge is 2.49. The number of hydrogen-bond donors (Lipinski definition) is 2. The van der Waals surface area contributed by atoms with Crippen LogP contribution in [0.5, 0.6) is 0 Å². The van der Waals surface area contributed by atoms with Crippen LogP contribution in [0.4, 0.5) is 10.5 Å². The summed E-state index contributed by atoms with van der Waals surface area (Å²) in [6.45, 7) is 3.61. The normalized spacial score (nSPS) is 15.8. The molecule has 1 aliphatic rings. The van der Waals surface area contributed by atoms with Gasteiger partial charge in [-0.15, -0.1) is 0 Å². The maximum absolute atomic E-state index is 12.9. The molecule has 0 bridgehead atoms. The molecular formula is C17H22N4O5. The Morgan fingerprint density at radius 3 is 2.38 bits per heavy atom. The summed E-state index contributed by atoms with van der Waals surface area (Å²) in [5.74, 6) is -1.17. The molecule has 1 saturated heterocycles. The van der Waals surface area contributed by atoms with Gasteiger partial charge in [0.05, 0.1) is 11.5 Å². The lowest BCUT2D eigenvalue weighted by atomic mass is 9.88. The summed E-state index contributed by atoms with van der Waals surface area (Å²) >= 11 is 0. The lowest BCUT2D eigenvalue weighted by Gasteiger charge is -2.25. The molecule has 4 amide bonds. The van der Waals surface area contributed by atoms with Gasteiger partial charge in [0.25, 0.3) is 11.6 Å². The maximum Gasteiger partial charge on any atom is 0.325 e. The van der Waals surface area contributed by atoms with E-state index >= 15 is 0 Å². The van der Waals surface area contributed by atoms with Gasteiger partial charge in [0.15, 0.2) is 0 Å². The number of carbonyl (C=O) groups is 3. The van der Waals surface area contributed by atoms with Gasteiger partial charge in [-0.25, -0.2) is 4.79 Å². The first-order valence-corrected chi connectivity index (χ1v) is 8.47. The Kier molecular flexibility index (Phi) is 5.59. The number of urea groups is 1. The van der Waals surface area contributed by atoms with Crippen LogP contribution in [0.2, 0.25) is 0 Å². The molecule has 0 aliphatic carbocycles. The van der Waals surface area contributed by atoms with Crippen molar-refractivity contribution in [3.8, 4) is 0 Å². The fraction of sp³-hybridized carbons (Fsp3) is 0.471. The van der Waals surface area contributed by atoms with Crippen LogP contribution < -0.4 is 11.1 Å². The van der Waals surface area contributed by atoms with E-state index in [0.29, 0.717) is 25.7 Å². The molecule has 9 nitrogen and oxygen atoms in total. The lowest BCUT2D eigenvalue weighted by molar-refractivity contribution is -0.385. The molecule has 2 rings (SSSR count). The van der Waals surface area contributed by atoms with Crippen molar-refractivity contribution in [2.45, 2.75) is 51.6 Å². The Hall–Kier alpha value is -2.97. The van der Waals surface area contributed by atoms with E-state index in [1.807, 2.05) is 13.8 Å². The van der Waals surface area contributed by atoms with Crippen molar-refractivity contribution >= 4 is 23.5 Å². The number of nitro groups is 1. The number of carbonyl (C=O) groups excluding carboxylic acids is 3. The number of benzene rings is 1. The molecule has 3 N–H and O–H groups in total. The average Bonchev–Trinajstić information content (AvgIpc) is 2.80. The fourth-order valence-corrected chi connectivity index (χ4v) is 3.33. The standard InChI is InChI=1S/C17H22N4O5/c1-3-7-17(8-4-2)15(23)20(16(24)19-17)10-12-6-5-11(14(18)22)9-13(12)21(25)26/h5-6,9H,3-4,7-8,10H2,1-2H3,(H2,18,22)(H,19,24). The van der Waals surface area contributed by atoms with Crippen molar-refractivity contribution in [2.24, 2.45) is 5.73 Å². The largest absolute Gasteiger partial charge is 0.366 e. The summed E-state index contributed by atoms with van der Waals surface area (Å²) in [5, 5.41) is 14.1. The van der Waals surface area contributed by atoms with E-state index in [0.717, 1.165) is 11.0 Å². The Morgan fingerprint density at radius 1 is 1.27 bits per heavy atom. The number of primary amides is 1. The second-order valence-electron chi connectivity index (χ2n) is 6.37. The molecule has 9 heteroatoms. The van der Waals surface area contributed by atoms with Gasteiger partial charge in [0.1, 0.15) is 5.54 Å². The monoisotopic (exact) mass is 362 g/mol. The minimum absolute atomic E-state index is 0.0102. The zero-order valence-electron chi connectivity index (χ0n) is 14.8. The number of amides is 4. The zero-order valence-corrected chi connectivity index (χ0v) is 14.8. The molecule has 0 unspecified atom stereocenters. The van der Waals surface area contributed by atoms with E-state index in [-0.39, 0.29) is 29.3 Å². The van der Waals surface area contributed by atoms with Gasteiger partial charge in [-0.1, -0.05) is 26.7 Å². The van der Waals surface area contributed by atoms with Crippen LogP contribution in [-0.4, -0.2) is 33.2 Å². The van der Waals surface area contributed by atoms with Gasteiger partial charge in [-0.2, -0.15) is 0 Å². The maximum atomic E-state index is 12.9. The lowest BCUT2D eigenvalue weighted by Crippen LogP contribution is -2.46. The third-order valence-corrected chi connectivity index (χ3v) is 4.49. The molecule has 0 saturated carbocycles. The molecule has 1 fully saturated rings. The summed E-state index contributed by atoms with van der Waals surface area (Å²) in [6, 6.07) is 3.18. The predicted octanol–water partition coefficient (Wildman–Crippen LogP) is 2.08. The quantitative estimate of drug-likeness (QED) is 0.414. The smallest absolute Gasteiger partial charge is 0.325 e. The van der Waals surface area contributed by atoms with E-state index < -0.39 is 22.4 Å². The second kappa shape index (κ2) is 7.51. The van der Waals surface area contributed by atoms with E-state index in [2.05, 4.69) is 5.32 Å². The van der Waals surface area contributed by atoms with Crippen molar-refractivity contribution < 1.29 is 19.3 Å². The van der Waals surface area contributed by atoms with Gasteiger partial charge >= 0.3 is 6.03 Å². The van der Waals surface area contributed by atoms with Crippen molar-refractivity contribution in [1.29, 1.82) is 0 Å². The first-order chi connectivity index (χ1) is 12.3. The number of imide groups is 1. The SMILES string of the molecule is CCCC1(CCC)NC(=O)N(Cc2ccc(C(N)=O)cc2[N+](=O)[O-])C1=O. The molecule has 1 aromatic rings. The van der Waals surface area contributed by atoms with E-state index in [9.17, 15) is 24.5 Å². The third kappa shape index (κ3) is 3.51. The molecule has 26 heavy (non-hydrogen) atoms. The summed E-state index contributed by atoms with van der Waals surface area (Å²) in [4.78, 5) is 48.1.